The lowest BCUT2D eigenvalue weighted by Gasteiger charge is -2.14. The van der Waals surface area contributed by atoms with Crippen LogP contribution in [0.25, 0.3) is 0 Å². The second-order valence-electron chi connectivity index (χ2n) is 5.19. The van der Waals surface area contributed by atoms with Gasteiger partial charge in [-0.05, 0) is 37.0 Å². The smallest absolute Gasteiger partial charge is 0.131 e. The van der Waals surface area contributed by atoms with Gasteiger partial charge in [0, 0.05) is 7.05 Å². The number of aliphatic hydroxyl groups is 1. The van der Waals surface area contributed by atoms with Crippen LogP contribution in [-0.2, 0) is 26.7 Å². The van der Waals surface area contributed by atoms with E-state index in [0.717, 1.165) is 40.2 Å². The lowest BCUT2D eigenvalue weighted by Crippen LogP contribution is -2.05. The molecule has 21 heavy (non-hydrogen) atoms. The highest BCUT2D eigenvalue weighted by Gasteiger charge is 2.14. The van der Waals surface area contributed by atoms with Crippen molar-refractivity contribution in [2.45, 2.75) is 40.4 Å². The Morgan fingerprint density at radius 2 is 1.90 bits per heavy atom. The topological polar surface area (TPSA) is 47.3 Å². The van der Waals surface area contributed by atoms with Gasteiger partial charge < -0.3 is 9.84 Å². The molecule has 0 spiro atoms. The largest absolute Gasteiger partial charge is 0.487 e. The van der Waals surface area contributed by atoms with Gasteiger partial charge in [0.2, 0.25) is 0 Å². The molecule has 1 N–H and O–H groups in total. The molecule has 0 bridgehead atoms. The third kappa shape index (κ3) is 3.22. The van der Waals surface area contributed by atoms with Gasteiger partial charge in [-0.3, -0.25) is 4.68 Å². The summed E-state index contributed by atoms with van der Waals surface area (Å²) < 4.78 is 7.72. The van der Waals surface area contributed by atoms with Gasteiger partial charge in [-0.2, -0.15) is 5.10 Å². The molecular weight excluding hydrogens is 288 g/mol. The number of halogens is 1. The molecule has 0 aliphatic heterocycles. The molecule has 0 amide bonds. The summed E-state index contributed by atoms with van der Waals surface area (Å²) in [4.78, 5) is 0. The van der Waals surface area contributed by atoms with E-state index >= 15 is 0 Å². The number of nitrogens with zero attached hydrogens (tertiary/aromatic N) is 2. The fourth-order valence-electron chi connectivity index (χ4n) is 2.48. The molecule has 1 aromatic heterocycles. The van der Waals surface area contributed by atoms with Gasteiger partial charge in [-0.25, -0.2) is 0 Å². The third-order valence-electron chi connectivity index (χ3n) is 3.56. The predicted octanol–water partition coefficient (Wildman–Crippen LogP) is 3.32. The maximum absolute atomic E-state index is 9.22. The average Bonchev–Trinajstić information content (AvgIpc) is 2.72. The van der Waals surface area contributed by atoms with Crippen LogP contribution in [0.4, 0.5) is 0 Å². The van der Waals surface area contributed by atoms with Gasteiger partial charge in [0.05, 0.1) is 23.0 Å². The molecule has 1 heterocycles. The van der Waals surface area contributed by atoms with Crippen LogP contribution in [-0.4, -0.2) is 14.9 Å². The minimum Gasteiger partial charge on any atom is -0.487 e. The second kappa shape index (κ2) is 6.50. The molecule has 0 fully saturated rings. The summed E-state index contributed by atoms with van der Waals surface area (Å²) in [5, 5.41) is 14.3. The summed E-state index contributed by atoms with van der Waals surface area (Å²) in [7, 11) is 1.87. The summed E-state index contributed by atoms with van der Waals surface area (Å²) >= 11 is 6.33. The van der Waals surface area contributed by atoms with Crippen LogP contribution in [0, 0.1) is 13.8 Å². The summed E-state index contributed by atoms with van der Waals surface area (Å²) in [6, 6.07) is 3.87. The molecule has 4 nitrogen and oxygen atoms in total. The first kappa shape index (κ1) is 15.9. The lowest BCUT2D eigenvalue weighted by atomic mass is 10.1. The van der Waals surface area contributed by atoms with Crippen molar-refractivity contribution in [3.05, 3.63) is 45.2 Å². The summed E-state index contributed by atoms with van der Waals surface area (Å²) in [6.07, 6.45) is 0.802. The molecule has 0 saturated carbocycles. The van der Waals surface area contributed by atoms with E-state index in [1.165, 1.54) is 0 Å². The minimum absolute atomic E-state index is 0.0371. The first-order valence-corrected chi connectivity index (χ1v) is 7.39. The van der Waals surface area contributed by atoms with Crippen molar-refractivity contribution in [3.8, 4) is 5.75 Å². The highest BCUT2D eigenvalue weighted by atomic mass is 35.5. The summed E-state index contributed by atoms with van der Waals surface area (Å²) in [5.74, 6) is 0.836. The van der Waals surface area contributed by atoms with Crippen molar-refractivity contribution in [2.75, 3.05) is 0 Å². The Morgan fingerprint density at radius 1 is 1.29 bits per heavy atom. The van der Waals surface area contributed by atoms with Crippen molar-refractivity contribution in [2.24, 2.45) is 7.05 Å². The second-order valence-corrected chi connectivity index (χ2v) is 5.57. The highest BCUT2D eigenvalue weighted by molar-refractivity contribution is 6.31. The first-order valence-electron chi connectivity index (χ1n) is 7.01. The summed E-state index contributed by atoms with van der Waals surface area (Å²) in [5.41, 5.74) is 4.67. The maximum atomic E-state index is 9.22. The minimum atomic E-state index is 0.0371. The number of aliphatic hydroxyl groups excluding tert-OH is 1. The van der Waals surface area contributed by atoms with Gasteiger partial charge in [0.1, 0.15) is 12.4 Å². The van der Waals surface area contributed by atoms with Gasteiger partial charge in [0.25, 0.3) is 0 Å². The van der Waals surface area contributed by atoms with Crippen LogP contribution >= 0.6 is 11.6 Å². The quantitative estimate of drug-likeness (QED) is 0.921. The molecule has 0 radical (unpaired) electrons. The molecule has 1 aromatic carbocycles. The maximum Gasteiger partial charge on any atom is 0.131 e. The zero-order valence-electron chi connectivity index (χ0n) is 12.9. The zero-order chi connectivity index (χ0) is 15.6. The number of hydrogen-bond acceptors (Lipinski definition) is 3. The molecule has 0 aliphatic carbocycles. The third-order valence-corrected chi connectivity index (χ3v) is 4.00. The van der Waals surface area contributed by atoms with Crippen LogP contribution in [0.15, 0.2) is 12.1 Å². The number of benzene rings is 1. The van der Waals surface area contributed by atoms with Crippen LogP contribution in [0.5, 0.6) is 5.75 Å². The van der Waals surface area contributed by atoms with E-state index < -0.39 is 0 Å². The van der Waals surface area contributed by atoms with E-state index in [4.69, 9.17) is 16.3 Å². The SMILES string of the molecule is CCc1nn(C)c(COc2c(C)cc(CO)cc2C)c1Cl. The highest BCUT2D eigenvalue weighted by Crippen LogP contribution is 2.28. The standard InChI is InChI=1S/C16H21ClN2O2/c1-5-13-15(17)14(19(4)18-13)9-21-16-10(2)6-12(8-20)7-11(16)3/h6-7,20H,5,8-9H2,1-4H3. The van der Waals surface area contributed by atoms with Crippen molar-refractivity contribution in [1.82, 2.24) is 9.78 Å². The Hall–Kier alpha value is -1.52. The van der Waals surface area contributed by atoms with Crippen molar-refractivity contribution in [1.29, 1.82) is 0 Å². The Labute approximate surface area is 130 Å². The monoisotopic (exact) mass is 308 g/mol. The van der Waals surface area contributed by atoms with Crippen molar-refractivity contribution in [3.63, 3.8) is 0 Å². The molecule has 0 unspecified atom stereocenters. The molecule has 2 aromatic rings. The fourth-order valence-corrected chi connectivity index (χ4v) is 2.82. The Balaban J connectivity index is 2.23. The molecule has 0 aliphatic rings. The molecular formula is C16H21ClN2O2. The number of aromatic nitrogens is 2. The summed E-state index contributed by atoms with van der Waals surface area (Å²) in [6.45, 7) is 6.40. The average molecular weight is 309 g/mol. The fraction of sp³-hybridized carbons (Fsp3) is 0.438. The lowest BCUT2D eigenvalue weighted by molar-refractivity contribution is 0.278. The molecule has 2 rings (SSSR count). The molecule has 0 saturated heterocycles. The first-order chi connectivity index (χ1) is 9.97. The van der Waals surface area contributed by atoms with Crippen LogP contribution in [0.1, 0.15) is 35.0 Å². The van der Waals surface area contributed by atoms with E-state index in [1.54, 1.807) is 4.68 Å². The van der Waals surface area contributed by atoms with E-state index in [9.17, 15) is 5.11 Å². The van der Waals surface area contributed by atoms with Crippen LogP contribution in [0.3, 0.4) is 0 Å². The Kier molecular flexibility index (Phi) is 4.91. The van der Waals surface area contributed by atoms with E-state index in [-0.39, 0.29) is 6.61 Å². The Bertz CT molecular complexity index is 627. The molecule has 5 heteroatoms. The van der Waals surface area contributed by atoms with Gasteiger partial charge >= 0.3 is 0 Å². The number of hydrogen-bond donors (Lipinski definition) is 1. The van der Waals surface area contributed by atoms with Gasteiger partial charge in [0.15, 0.2) is 0 Å². The normalized spacial score (nSPS) is 11.0. The Morgan fingerprint density at radius 3 is 2.38 bits per heavy atom. The van der Waals surface area contributed by atoms with E-state index in [2.05, 4.69) is 5.10 Å². The van der Waals surface area contributed by atoms with Crippen molar-refractivity contribution >= 4 is 11.6 Å². The van der Waals surface area contributed by atoms with E-state index in [0.29, 0.717) is 11.6 Å². The molecule has 0 atom stereocenters. The number of rotatable bonds is 5. The van der Waals surface area contributed by atoms with Crippen LogP contribution in [0.2, 0.25) is 5.02 Å². The predicted molar refractivity (Wildman–Crippen MR) is 83.8 cm³/mol. The zero-order valence-corrected chi connectivity index (χ0v) is 13.7. The van der Waals surface area contributed by atoms with Gasteiger partial charge in [-0.15, -0.1) is 0 Å². The van der Waals surface area contributed by atoms with Crippen molar-refractivity contribution < 1.29 is 9.84 Å². The number of aryl methyl sites for hydroxylation is 4. The number of ether oxygens (including phenoxy) is 1. The van der Waals surface area contributed by atoms with E-state index in [1.807, 2.05) is 40.0 Å². The van der Waals surface area contributed by atoms with Crippen LogP contribution < -0.4 is 4.74 Å². The van der Waals surface area contributed by atoms with Gasteiger partial charge in [-0.1, -0.05) is 30.7 Å². The molecule has 114 valence electrons.